The second kappa shape index (κ2) is 7.31. The molecule has 0 aliphatic heterocycles. The van der Waals surface area contributed by atoms with Gasteiger partial charge in [-0.05, 0) is 32.0 Å². The number of nitrogens with zero attached hydrogens (tertiary/aromatic N) is 2. The molecule has 0 aliphatic rings. The van der Waals surface area contributed by atoms with Crippen LogP contribution in [0, 0.1) is 0 Å². The molecule has 2 N–H and O–H groups in total. The van der Waals surface area contributed by atoms with Gasteiger partial charge in [0.2, 0.25) is 0 Å². The maximum Gasteiger partial charge on any atom is 0.339 e. The molecule has 0 fully saturated rings. The van der Waals surface area contributed by atoms with Crippen LogP contribution in [-0.2, 0) is 6.54 Å². The van der Waals surface area contributed by atoms with Crippen LogP contribution >= 0.6 is 0 Å². The number of hydrogen-bond acceptors (Lipinski definition) is 4. The summed E-state index contributed by atoms with van der Waals surface area (Å²) < 4.78 is 7.28. The van der Waals surface area contributed by atoms with Crippen LogP contribution < -0.4 is 10.1 Å². The highest BCUT2D eigenvalue weighted by Gasteiger charge is 2.16. The molecule has 6 nitrogen and oxygen atoms in total. The van der Waals surface area contributed by atoms with Crippen molar-refractivity contribution in [2.75, 3.05) is 6.61 Å². The zero-order valence-corrected chi connectivity index (χ0v) is 14.6. The predicted octanol–water partition coefficient (Wildman–Crippen LogP) is 3.70. The number of carbonyl (C=O) groups is 1. The van der Waals surface area contributed by atoms with Crippen molar-refractivity contribution in [3.8, 4) is 11.5 Å². The predicted molar refractivity (Wildman–Crippen MR) is 99.1 cm³/mol. The molecular formula is C20H20N2O4. The Kier molecular flexibility index (Phi) is 4.93. The van der Waals surface area contributed by atoms with E-state index in [2.05, 4.69) is 4.99 Å². The Balaban J connectivity index is 2.44. The lowest BCUT2D eigenvalue weighted by molar-refractivity contribution is 0.0694. The number of fused-ring (bicyclic) bond motifs is 1. The number of aryl methyl sites for hydroxylation is 1. The van der Waals surface area contributed by atoms with E-state index < -0.39 is 5.97 Å². The van der Waals surface area contributed by atoms with Gasteiger partial charge in [0.25, 0.3) is 0 Å². The molecule has 3 rings (SSSR count). The number of benzene rings is 2. The molecule has 0 saturated carbocycles. The van der Waals surface area contributed by atoms with Gasteiger partial charge >= 0.3 is 5.97 Å². The molecule has 0 saturated heterocycles. The molecule has 0 unspecified atom stereocenters. The van der Waals surface area contributed by atoms with Crippen LogP contribution in [0.5, 0.6) is 11.5 Å². The summed E-state index contributed by atoms with van der Waals surface area (Å²) in [4.78, 5) is 16.4. The average molecular weight is 352 g/mol. The molecule has 0 amide bonds. The van der Waals surface area contributed by atoms with Gasteiger partial charge in [-0.1, -0.05) is 18.2 Å². The number of phenols is 1. The Morgan fingerprint density at radius 2 is 1.92 bits per heavy atom. The van der Waals surface area contributed by atoms with E-state index in [1.54, 1.807) is 24.4 Å². The van der Waals surface area contributed by atoms with Gasteiger partial charge in [-0.15, -0.1) is 0 Å². The van der Waals surface area contributed by atoms with E-state index in [1.807, 2.05) is 36.6 Å². The molecule has 0 spiro atoms. The third kappa shape index (κ3) is 3.26. The van der Waals surface area contributed by atoms with Crippen molar-refractivity contribution in [1.82, 2.24) is 4.57 Å². The van der Waals surface area contributed by atoms with Gasteiger partial charge < -0.3 is 19.5 Å². The molecule has 6 heteroatoms. The van der Waals surface area contributed by atoms with Gasteiger partial charge in [0.15, 0.2) is 11.5 Å². The first-order chi connectivity index (χ1) is 12.5. The monoisotopic (exact) mass is 352 g/mol. The summed E-state index contributed by atoms with van der Waals surface area (Å²) in [6.07, 6.45) is 1.57. The third-order valence-electron chi connectivity index (χ3n) is 4.05. The van der Waals surface area contributed by atoms with Crippen LogP contribution in [0.1, 0.15) is 24.2 Å². The minimum Gasteiger partial charge on any atom is -0.504 e. The van der Waals surface area contributed by atoms with E-state index in [9.17, 15) is 15.0 Å². The van der Waals surface area contributed by atoms with Crippen molar-refractivity contribution in [2.24, 2.45) is 4.99 Å². The lowest BCUT2D eigenvalue weighted by Crippen LogP contribution is -2.20. The first-order valence-corrected chi connectivity index (χ1v) is 8.41. The topological polar surface area (TPSA) is 84.1 Å². The Bertz CT molecular complexity index is 1020. The van der Waals surface area contributed by atoms with Gasteiger partial charge in [-0.25, -0.2) is 9.79 Å². The maximum absolute atomic E-state index is 11.8. The van der Waals surface area contributed by atoms with Gasteiger partial charge in [0.1, 0.15) is 5.56 Å². The van der Waals surface area contributed by atoms with Crippen molar-refractivity contribution in [2.45, 2.75) is 20.4 Å². The number of carboxylic acids is 1. The number of carboxylic acid groups (broad SMARTS) is 1. The minimum absolute atomic E-state index is 0.0472. The van der Waals surface area contributed by atoms with E-state index in [-0.39, 0.29) is 11.3 Å². The third-order valence-corrected chi connectivity index (χ3v) is 4.05. The Morgan fingerprint density at radius 1 is 1.19 bits per heavy atom. The van der Waals surface area contributed by atoms with Gasteiger partial charge in [-0.3, -0.25) is 0 Å². The van der Waals surface area contributed by atoms with Crippen molar-refractivity contribution in [1.29, 1.82) is 0 Å². The molecule has 134 valence electrons. The number of hydrogen-bond donors (Lipinski definition) is 2. The molecule has 1 aromatic heterocycles. The first kappa shape index (κ1) is 17.5. The van der Waals surface area contributed by atoms with Crippen molar-refractivity contribution >= 4 is 22.6 Å². The number of aromatic nitrogens is 1. The summed E-state index contributed by atoms with van der Waals surface area (Å²) in [6.45, 7) is 4.74. The van der Waals surface area contributed by atoms with Crippen molar-refractivity contribution in [3.63, 3.8) is 0 Å². The summed E-state index contributed by atoms with van der Waals surface area (Å²) in [6, 6.07) is 12.4. The average Bonchev–Trinajstić information content (AvgIpc) is 2.63. The molecule has 0 bridgehead atoms. The van der Waals surface area contributed by atoms with Gasteiger partial charge in [0, 0.05) is 24.2 Å². The van der Waals surface area contributed by atoms with E-state index in [1.165, 1.54) is 6.07 Å². The number of ether oxygens (including phenoxy) is 1. The van der Waals surface area contributed by atoms with Crippen LogP contribution in [0.25, 0.3) is 10.9 Å². The zero-order valence-electron chi connectivity index (χ0n) is 14.6. The molecule has 0 aliphatic carbocycles. The second-order valence-corrected chi connectivity index (χ2v) is 5.70. The van der Waals surface area contributed by atoms with Crippen molar-refractivity contribution in [3.05, 3.63) is 59.6 Å². The summed E-state index contributed by atoms with van der Waals surface area (Å²) in [5.41, 5.74) is 1.46. The van der Waals surface area contributed by atoms with Crippen LogP contribution in [0.15, 0.2) is 53.7 Å². The summed E-state index contributed by atoms with van der Waals surface area (Å²) >= 11 is 0. The molecule has 1 heterocycles. The number of aromatic hydroxyl groups is 1. The minimum atomic E-state index is -1.07. The molecule has 2 aromatic carbocycles. The van der Waals surface area contributed by atoms with Crippen LogP contribution in [0.4, 0.5) is 5.69 Å². The Labute approximate surface area is 150 Å². The number of para-hydroxylation sites is 1. The highest BCUT2D eigenvalue weighted by molar-refractivity contribution is 5.93. The Morgan fingerprint density at radius 3 is 2.54 bits per heavy atom. The number of phenolic OH excluding ortho intramolecular Hbond substituents is 1. The zero-order chi connectivity index (χ0) is 18.7. The molecular weight excluding hydrogens is 332 g/mol. The van der Waals surface area contributed by atoms with E-state index in [4.69, 9.17) is 4.74 Å². The molecule has 0 atom stereocenters. The van der Waals surface area contributed by atoms with Crippen LogP contribution in [0.2, 0.25) is 0 Å². The molecule has 26 heavy (non-hydrogen) atoms. The fourth-order valence-corrected chi connectivity index (χ4v) is 2.86. The second-order valence-electron chi connectivity index (χ2n) is 5.70. The molecule has 3 aromatic rings. The highest BCUT2D eigenvalue weighted by Crippen LogP contribution is 2.30. The smallest absolute Gasteiger partial charge is 0.339 e. The SMILES string of the molecule is CCOc1cc2c(cc1O)c(=Nc1ccccc1)c(C(=O)O)cn2CC. The lowest BCUT2D eigenvalue weighted by Gasteiger charge is -2.14. The fourth-order valence-electron chi connectivity index (χ4n) is 2.86. The first-order valence-electron chi connectivity index (χ1n) is 8.41. The maximum atomic E-state index is 11.8. The van der Waals surface area contributed by atoms with Crippen LogP contribution in [0.3, 0.4) is 0 Å². The van der Waals surface area contributed by atoms with E-state index in [0.29, 0.717) is 35.3 Å². The standard InChI is InChI=1S/C20H20N2O4/c1-3-22-12-15(20(24)25)19(21-13-8-6-5-7-9-13)14-10-17(23)18(26-4-2)11-16(14)22/h5-12,23H,3-4H2,1-2H3,(H,24,25). The number of aromatic carboxylic acids is 1. The lowest BCUT2D eigenvalue weighted by atomic mass is 10.1. The molecule has 0 radical (unpaired) electrons. The normalized spacial score (nSPS) is 11.7. The van der Waals surface area contributed by atoms with Crippen molar-refractivity contribution < 1.29 is 19.7 Å². The van der Waals surface area contributed by atoms with Gasteiger partial charge in [-0.2, -0.15) is 0 Å². The summed E-state index contributed by atoms with van der Waals surface area (Å²) in [5.74, 6) is -0.762. The van der Waals surface area contributed by atoms with Gasteiger partial charge in [0.05, 0.1) is 23.2 Å². The number of pyridine rings is 1. The highest BCUT2D eigenvalue weighted by atomic mass is 16.5. The summed E-state index contributed by atoms with van der Waals surface area (Å²) in [5, 5.41) is 20.8. The number of rotatable bonds is 5. The summed E-state index contributed by atoms with van der Waals surface area (Å²) in [7, 11) is 0. The quantitative estimate of drug-likeness (QED) is 0.733. The largest absolute Gasteiger partial charge is 0.504 e. The fraction of sp³-hybridized carbons (Fsp3) is 0.200. The van der Waals surface area contributed by atoms with Crippen LogP contribution in [-0.4, -0.2) is 27.4 Å². The Hall–Kier alpha value is -3.28. The van der Waals surface area contributed by atoms with E-state index in [0.717, 1.165) is 5.52 Å². The van der Waals surface area contributed by atoms with E-state index >= 15 is 0 Å².